The zero-order valence-electron chi connectivity index (χ0n) is 19.8. The molecule has 37 heavy (non-hydrogen) atoms. The van der Waals surface area contributed by atoms with Crippen LogP contribution in [0, 0.1) is 12.7 Å². The fourth-order valence-corrected chi connectivity index (χ4v) is 5.49. The zero-order valence-corrected chi connectivity index (χ0v) is 22.2. The Balaban J connectivity index is 1.50. The Morgan fingerprint density at radius 1 is 1.00 bits per heavy atom. The van der Waals surface area contributed by atoms with Gasteiger partial charge >= 0.3 is 0 Å². The highest BCUT2D eigenvalue weighted by molar-refractivity contribution is 7.13. The molecular weight excluding hydrogens is 528 g/mol. The van der Waals surface area contributed by atoms with Gasteiger partial charge in [0.15, 0.2) is 0 Å². The number of thiazole rings is 1. The average molecular weight is 550 g/mol. The van der Waals surface area contributed by atoms with E-state index in [1.807, 2.05) is 66.9 Å². The number of hydrogen-bond acceptors (Lipinski definition) is 3. The fraction of sp³-hybridized carbons (Fsp3) is 0.103. The van der Waals surface area contributed by atoms with E-state index >= 15 is 0 Å². The summed E-state index contributed by atoms with van der Waals surface area (Å²) in [5.74, 6) is -0.525. The van der Waals surface area contributed by atoms with E-state index in [0.29, 0.717) is 28.7 Å². The van der Waals surface area contributed by atoms with Crippen molar-refractivity contribution in [3.05, 3.63) is 122 Å². The fourth-order valence-electron chi connectivity index (χ4n) is 4.14. The van der Waals surface area contributed by atoms with Crippen LogP contribution in [0.15, 0.2) is 84.2 Å². The van der Waals surface area contributed by atoms with Crippen molar-refractivity contribution in [2.75, 3.05) is 0 Å². The quantitative estimate of drug-likeness (QED) is 0.223. The van der Waals surface area contributed by atoms with Gasteiger partial charge in [0.2, 0.25) is 0 Å². The van der Waals surface area contributed by atoms with E-state index in [0.717, 1.165) is 38.8 Å². The number of nitrogens with one attached hydrogen (secondary N) is 1. The summed E-state index contributed by atoms with van der Waals surface area (Å²) in [6, 6.07) is 23.2. The molecule has 0 aliphatic rings. The number of amides is 1. The minimum atomic E-state index is -0.312. The van der Waals surface area contributed by atoms with Crippen LogP contribution in [0.3, 0.4) is 0 Å². The van der Waals surface area contributed by atoms with Gasteiger partial charge in [-0.1, -0.05) is 65.7 Å². The van der Waals surface area contributed by atoms with Crippen molar-refractivity contribution < 1.29 is 9.18 Å². The first-order chi connectivity index (χ1) is 17.9. The van der Waals surface area contributed by atoms with Gasteiger partial charge < -0.3 is 9.88 Å². The number of carbonyl (C=O) groups excluding carboxylic acids is 1. The van der Waals surface area contributed by atoms with Crippen LogP contribution >= 0.6 is 34.5 Å². The third kappa shape index (κ3) is 5.62. The molecule has 5 aromatic rings. The first-order valence-electron chi connectivity index (χ1n) is 11.6. The lowest BCUT2D eigenvalue weighted by Crippen LogP contribution is -2.23. The van der Waals surface area contributed by atoms with E-state index in [1.54, 1.807) is 12.1 Å². The molecule has 0 aliphatic heterocycles. The predicted octanol–water partition coefficient (Wildman–Crippen LogP) is 8.01. The van der Waals surface area contributed by atoms with E-state index in [2.05, 4.69) is 9.88 Å². The maximum atomic E-state index is 13.2. The van der Waals surface area contributed by atoms with Crippen molar-refractivity contribution in [2.45, 2.75) is 20.0 Å². The van der Waals surface area contributed by atoms with Crippen LogP contribution in [-0.2, 0) is 13.1 Å². The molecule has 0 spiro atoms. The number of hydrogen-bond donors (Lipinski definition) is 1. The van der Waals surface area contributed by atoms with Crippen LogP contribution in [-0.4, -0.2) is 15.5 Å². The standard InChI is InChI=1S/C29H22Cl2FN3OS/c1-18-24(28(36)33-15-19-9-11-22(32)12-10-19)14-27(35(18)16-20-5-4-6-21(30)13-20)26-17-37-29(34-26)23-7-2-3-8-25(23)31/h2-14,17H,15-16H2,1H3,(H,33,36). The molecule has 0 saturated heterocycles. The topological polar surface area (TPSA) is 46.9 Å². The van der Waals surface area contributed by atoms with Crippen molar-refractivity contribution in [3.8, 4) is 22.0 Å². The van der Waals surface area contributed by atoms with Crippen molar-refractivity contribution in [1.82, 2.24) is 14.9 Å². The van der Waals surface area contributed by atoms with Crippen molar-refractivity contribution >= 4 is 40.4 Å². The molecule has 1 N–H and O–H groups in total. The van der Waals surface area contributed by atoms with Gasteiger partial charge in [0.1, 0.15) is 10.8 Å². The van der Waals surface area contributed by atoms with Gasteiger partial charge in [0.05, 0.1) is 22.0 Å². The van der Waals surface area contributed by atoms with Gasteiger partial charge in [0.25, 0.3) is 5.91 Å². The lowest BCUT2D eigenvalue weighted by atomic mass is 10.2. The second-order valence-corrected chi connectivity index (χ2v) is 10.3. The molecule has 0 unspecified atom stereocenters. The minimum Gasteiger partial charge on any atom is -0.348 e. The lowest BCUT2D eigenvalue weighted by molar-refractivity contribution is 0.0950. The largest absolute Gasteiger partial charge is 0.348 e. The zero-order chi connectivity index (χ0) is 25.9. The van der Waals surface area contributed by atoms with Crippen LogP contribution in [0.4, 0.5) is 4.39 Å². The molecule has 0 saturated carbocycles. The molecule has 0 radical (unpaired) electrons. The normalized spacial score (nSPS) is 11.0. The summed E-state index contributed by atoms with van der Waals surface area (Å²) in [5.41, 5.74) is 5.61. The summed E-state index contributed by atoms with van der Waals surface area (Å²) in [6.45, 7) is 2.73. The second kappa shape index (κ2) is 10.9. The summed E-state index contributed by atoms with van der Waals surface area (Å²) in [7, 11) is 0. The Morgan fingerprint density at radius 2 is 1.78 bits per heavy atom. The molecule has 4 nitrogen and oxygen atoms in total. The molecule has 0 atom stereocenters. The first-order valence-corrected chi connectivity index (χ1v) is 13.2. The van der Waals surface area contributed by atoms with Gasteiger partial charge in [-0.3, -0.25) is 4.79 Å². The number of rotatable bonds is 7. The predicted molar refractivity (Wildman–Crippen MR) is 149 cm³/mol. The number of carbonyl (C=O) groups is 1. The van der Waals surface area contributed by atoms with Crippen LogP contribution < -0.4 is 5.32 Å². The van der Waals surface area contributed by atoms with Gasteiger partial charge in [0, 0.05) is 34.7 Å². The van der Waals surface area contributed by atoms with E-state index in [9.17, 15) is 9.18 Å². The third-order valence-corrected chi connectivity index (χ3v) is 7.52. The van der Waals surface area contributed by atoms with Gasteiger partial charge in [-0.15, -0.1) is 11.3 Å². The maximum absolute atomic E-state index is 13.2. The van der Waals surface area contributed by atoms with Crippen LogP contribution in [0.2, 0.25) is 10.0 Å². The summed E-state index contributed by atoms with van der Waals surface area (Å²) in [4.78, 5) is 18.1. The SMILES string of the molecule is Cc1c(C(=O)NCc2ccc(F)cc2)cc(-c2csc(-c3ccccc3Cl)n2)n1Cc1cccc(Cl)c1. The summed E-state index contributed by atoms with van der Waals surface area (Å²) >= 11 is 14.1. The van der Waals surface area contributed by atoms with E-state index in [4.69, 9.17) is 28.2 Å². The Kier molecular flexibility index (Phi) is 7.42. The lowest BCUT2D eigenvalue weighted by Gasteiger charge is -2.12. The summed E-state index contributed by atoms with van der Waals surface area (Å²) in [5, 5.41) is 7.01. The highest BCUT2D eigenvalue weighted by Gasteiger charge is 2.21. The highest BCUT2D eigenvalue weighted by atomic mass is 35.5. The van der Waals surface area contributed by atoms with Crippen molar-refractivity contribution in [3.63, 3.8) is 0 Å². The van der Waals surface area contributed by atoms with Crippen molar-refractivity contribution in [2.24, 2.45) is 0 Å². The molecule has 0 aliphatic carbocycles. The number of halogens is 3. The van der Waals surface area contributed by atoms with E-state index < -0.39 is 0 Å². The maximum Gasteiger partial charge on any atom is 0.253 e. The Labute approximate surface area is 228 Å². The third-order valence-electron chi connectivity index (χ3n) is 6.08. The number of aromatic nitrogens is 2. The second-order valence-electron chi connectivity index (χ2n) is 8.57. The van der Waals surface area contributed by atoms with E-state index in [-0.39, 0.29) is 11.7 Å². The number of benzene rings is 3. The smallest absolute Gasteiger partial charge is 0.253 e. The highest BCUT2D eigenvalue weighted by Crippen LogP contribution is 2.35. The van der Waals surface area contributed by atoms with Crippen LogP contribution in [0.1, 0.15) is 27.2 Å². The first kappa shape index (κ1) is 25.2. The summed E-state index contributed by atoms with van der Waals surface area (Å²) in [6.07, 6.45) is 0. The minimum absolute atomic E-state index is 0.213. The molecule has 0 bridgehead atoms. The molecule has 3 aromatic carbocycles. The molecule has 1 amide bonds. The van der Waals surface area contributed by atoms with Gasteiger partial charge in [-0.05, 0) is 54.4 Å². The van der Waals surface area contributed by atoms with Crippen molar-refractivity contribution in [1.29, 1.82) is 0 Å². The summed E-state index contributed by atoms with van der Waals surface area (Å²) < 4.78 is 15.3. The van der Waals surface area contributed by atoms with E-state index in [1.165, 1.54) is 23.5 Å². The Hall–Kier alpha value is -3.45. The Bertz CT molecular complexity index is 1580. The monoisotopic (exact) mass is 549 g/mol. The number of nitrogens with zero attached hydrogens (tertiary/aromatic N) is 2. The Morgan fingerprint density at radius 3 is 2.54 bits per heavy atom. The van der Waals surface area contributed by atoms with Gasteiger partial charge in [-0.25, -0.2) is 9.37 Å². The molecule has 2 heterocycles. The molecule has 8 heteroatoms. The van der Waals surface area contributed by atoms with Gasteiger partial charge in [-0.2, -0.15) is 0 Å². The van der Waals surface area contributed by atoms with Crippen LogP contribution in [0.25, 0.3) is 22.0 Å². The van der Waals surface area contributed by atoms with Crippen LogP contribution in [0.5, 0.6) is 0 Å². The molecule has 5 rings (SSSR count). The molecular formula is C29H22Cl2FN3OS. The molecule has 186 valence electrons. The molecule has 2 aromatic heterocycles. The molecule has 0 fully saturated rings. The average Bonchev–Trinajstić information content (AvgIpc) is 3.49.